The van der Waals surface area contributed by atoms with E-state index < -0.39 is 11.1 Å². The molecule has 2 aromatic carbocycles. The van der Waals surface area contributed by atoms with E-state index in [0.29, 0.717) is 28.2 Å². The third kappa shape index (κ3) is 3.32. The minimum atomic E-state index is -0.756. The van der Waals surface area contributed by atoms with Crippen molar-refractivity contribution in [2.24, 2.45) is 0 Å². The van der Waals surface area contributed by atoms with Crippen LogP contribution in [0.1, 0.15) is 15.9 Å². The van der Waals surface area contributed by atoms with Gasteiger partial charge in [-0.3, -0.25) is 14.4 Å². The number of carbonyl (C=O) groups is 1. The van der Waals surface area contributed by atoms with Gasteiger partial charge in [0.15, 0.2) is 0 Å². The number of fused-ring (bicyclic) bond motifs is 1. The first-order valence-corrected chi connectivity index (χ1v) is 7.20. The first-order valence-electron chi connectivity index (χ1n) is 6.82. The van der Waals surface area contributed by atoms with Gasteiger partial charge >= 0.3 is 11.1 Å². The molecule has 1 amide bonds. The molecule has 0 aliphatic rings. The van der Waals surface area contributed by atoms with Crippen molar-refractivity contribution < 1.29 is 4.79 Å². The molecule has 0 unspecified atom stereocenters. The molecule has 0 saturated heterocycles. The second-order valence-corrected chi connectivity index (χ2v) is 5.42. The number of carbonyl (C=O) groups excluding carboxylic acids is 1. The first-order chi connectivity index (χ1) is 11.0. The molecule has 1 aromatic heterocycles. The SMILES string of the molecule is O=C(NCc1cccc(Cl)c1)c1ccc2[nH]c(=O)c(=O)[nH]c2c1. The Hall–Kier alpha value is -2.86. The van der Waals surface area contributed by atoms with Crippen LogP contribution in [0.2, 0.25) is 5.02 Å². The maximum Gasteiger partial charge on any atom is 0.314 e. The smallest absolute Gasteiger partial charge is 0.314 e. The van der Waals surface area contributed by atoms with E-state index in [1.807, 2.05) is 6.07 Å². The van der Waals surface area contributed by atoms with Crippen LogP contribution in [-0.4, -0.2) is 15.9 Å². The van der Waals surface area contributed by atoms with Crippen molar-refractivity contribution >= 4 is 28.5 Å². The lowest BCUT2D eigenvalue weighted by atomic mass is 10.1. The van der Waals surface area contributed by atoms with Crippen LogP contribution >= 0.6 is 11.6 Å². The van der Waals surface area contributed by atoms with Crippen molar-refractivity contribution in [2.45, 2.75) is 6.54 Å². The van der Waals surface area contributed by atoms with Crippen molar-refractivity contribution in [3.63, 3.8) is 0 Å². The summed E-state index contributed by atoms with van der Waals surface area (Å²) in [6, 6.07) is 11.8. The van der Waals surface area contributed by atoms with E-state index in [1.54, 1.807) is 30.3 Å². The van der Waals surface area contributed by atoms with Crippen molar-refractivity contribution in [1.82, 2.24) is 15.3 Å². The monoisotopic (exact) mass is 329 g/mol. The molecule has 0 aliphatic heterocycles. The van der Waals surface area contributed by atoms with Gasteiger partial charge in [-0.25, -0.2) is 0 Å². The Morgan fingerprint density at radius 3 is 2.48 bits per heavy atom. The van der Waals surface area contributed by atoms with E-state index in [9.17, 15) is 14.4 Å². The number of aromatic nitrogens is 2. The Labute approximate surface area is 135 Å². The molecular weight excluding hydrogens is 318 g/mol. The number of aromatic amines is 2. The van der Waals surface area contributed by atoms with E-state index in [4.69, 9.17) is 11.6 Å². The minimum Gasteiger partial charge on any atom is -0.348 e. The zero-order chi connectivity index (χ0) is 16.4. The predicted octanol–water partition coefficient (Wildman–Crippen LogP) is 1.80. The van der Waals surface area contributed by atoms with Gasteiger partial charge in [-0.2, -0.15) is 0 Å². The van der Waals surface area contributed by atoms with Crippen LogP contribution in [0.15, 0.2) is 52.1 Å². The van der Waals surface area contributed by atoms with Crippen molar-refractivity contribution in [1.29, 1.82) is 0 Å². The zero-order valence-corrected chi connectivity index (χ0v) is 12.6. The first kappa shape index (κ1) is 15.1. The van der Waals surface area contributed by atoms with Gasteiger partial charge in [0.1, 0.15) is 0 Å². The van der Waals surface area contributed by atoms with Gasteiger partial charge in [0.05, 0.1) is 11.0 Å². The predicted molar refractivity (Wildman–Crippen MR) is 87.8 cm³/mol. The second-order valence-electron chi connectivity index (χ2n) is 4.98. The van der Waals surface area contributed by atoms with Gasteiger partial charge < -0.3 is 15.3 Å². The molecule has 7 heteroatoms. The quantitative estimate of drug-likeness (QED) is 0.639. The van der Waals surface area contributed by atoms with Crippen molar-refractivity contribution in [2.75, 3.05) is 0 Å². The molecule has 0 spiro atoms. The highest BCUT2D eigenvalue weighted by atomic mass is 35.5. The third-order valence-electron chi connectivity index (χ3n) is 3.33. The van der Waals surface area contributed by atoms with Gasteiger partial charge in [-0.05, 0) is 35.9 Å². The molecule has 1 heterocycles. The van der Waals surface area contributed by atoms with Gasteiger partial charge in [0.25, 0.3) is 5.91 Å². The summed E-state index contributed by atoms with van der Waals surface area (Å²) in [4.78, 5) is 39.7. The van der Waals surface area contributed by atoms with Crippen LogP contribution in [0, 0.1) is 0 Å². The normalized spacial score (nSPS) is 10.7. The largest absolute Gasteiger partial charge is 0.348 e. The molecule has 3 N–H and O–H groups in total. The molecular formula is C16H12ClN3O3. The second kappa shape index (κ2) is 6.10. The lowest BCUT2D eigenvalue weighted by molar-refractivity contribution is 0.0951. The van der Waals surface area contributed by atoms with Crippen LogP contribution in [0.3, 0.4) is 0 Å². The van der Waals surface area contributed by atoms with Gasteiger partial charge in [-0.15, -0.1) is 0 Å². The number of amides is 1. The summed E-state index contributed by atoms with van der Waals surface area (Å²) in [5, 5.41) is 3.37. The number of halogens is 1. The Bertz CT molecular complexity index is 1010. The van der Waals surface area contributed by atoms with Gasteiger partial charge in [0, 0.05) is 17.1 Å². The summed E-state index contributed by atoms with van der Waals surface area (Å²) in [6.07, 6.45) is 0. The Balaban J connectivity index is 1.82. The molecule has 0 radical (unpaired) electrons. The Morgan fingerprint density at radius 2 is 1.74 bits per heavy atom. The number of H-pyrrole nitrogens is 2. The number of hydrogen-bond donors (Lipinski definition) is 3. The molecule has 116 valence electrons. The molecule has 3 aromatic rings. The average molecular weight is 330 g/mol. The van der Waals surface area contributed by atoms with Crippen molar-refractivity contribution in [3.8, 4) is 0 Å². The maximum atomic E-state index is 12.2. The Morgan fingerprint density at radius 1 is 1.00 bits per heavy atom. The molecule has 0 fully saturated rings. The summed E-state index contributed by atoms with van der Waals surface area (Å²) in [5.41, 5.74) is 0.627. The van der Waals surface area contributed by atoms with E-state index in [0.717, 1.165) is 5.56 Å². The molecule has 3 rings (SSSR count). The number of rotatable bonds is 3. The maximum absolute atomic E-state index is 12.2. The highest BCUT2D eigenvalue weighted by Crippen LogP contribution is 2.12. The van der Waals surface area contributed by atoms with Crippen LogP contribution in [0.5, 0.6) is 0 Å². The fraction of sp³-hybridized carbons (Fsp3) is 0.0625. The molecule has 0 bridgehead atoms. The van der Waals surface area contributed by atoms with E-state index >= 15 is 0 Å². The highest BCUT2D eigenvalue weighted by Gasteiger charge is 2.08. The molecule has 0 saturated carbocycles. The minimum absolute atomic E-state index is 0.293. The molecule has 23 heavy (non-hydrogen) atoms. The van der Waals surface area contributed by atoms with Crippen LogP contribution in [0.4, 0.5) is 0 Å². The van der Waals surface area contributed by atoms with E-state index in [-0.39, 0.29) is 5.91 Å². The topological polar surface area (TPSA) is 94.8 Å². The summed E-state index contributed by atoms with van der Waals surface area (Å²) >= 11 is 5.89. The standard InChI is InChI=1S/C16H12ClN3O3/c17-11-3-1-2-9(6-11)8-18-14(21)10-4-5-12-13(7-10)20-16(23)15(22)19-12/h1-7H,8H2,(H,18,21)(H,19,22)(H,20,23). The van der Waals surface area contributed by atoms with Crippen LogP contribution in [0.25, 0.3) is 11.0 Å². The summed E-state index contributed by atoms with van der Waals surface area (Å²) in [7, 11) is 0. The lowest BCUT2D eigenvalue weighted by Gasteiger charge is -2.06. The number of hydrogen-bond acceptors (Lipinski definition) is 3. The Kier molecular flexibility index (Phi) is 3.99. The fourth-order valence-corrected chi connectivity index (χ4v) is 2.40. The third-order valence-corrected chi connectivity index (χ3v) is 3.56. The fourth-order valence-electron chi connectivity index (χ4n) is 2.19. The zero-order valence-electron chi connectivity index (χ0n) is 11.9. The van der Waals surface area contributed by atoms with Crippen LogP contribution in [-0.2, 0) is 6.54 Å². The summed E-state index contributed by atoms with van der Waals surface area (Å²) in [5.74, 6) is -0.293. The van der Waals surface area contributed by atoms with Crippen LogP contribution < -0.4 is 16.4 Å². The van der Waals surface area contributed by atoms with Gasteiger partial charge in [0.2, 0.25) is 0 Å². The van der Waals surface area contributed by atoms with Crippen molar-refractivity contribution in [3.05, 3.63) is 79.3 Å². The van der Waals surface area contributed by atoms with Gasteiger partial charge in [-0.1, -0.05) is 23.7 Å². The average Bonchev–Trinajstić information content (AvgIpc) is 2.53. The molecule has 0 atom stereocenters. The van der Waals surface area contributed by atoms with E-state index in [1.165, 1.54) is 6.07 Å². The number of benzene rings is 2. The molecule has 0 aliphatic carbocycles. The summed E-state index contributed by atoms with van der Waals surface area (Å²) < 4.78 is 0. The highest BCUT2D eigenvalue weighted by molar-refractivity contribution is 6.30. The summed E-state index contributed by atoms with van der Waals surface area (Å²) in [6.45, 7) is 0.333. The lowest BCUT2D eigenvalue weighted by Crippen LogP contribution is -2.29. The number of nitrogens with one attached hydrogen (secondary N) is 3. The van der Waals surface area contributed by atoms with E-state index in [2.05, 4.69) is 15.3 Å². The molecule has 6 nitrogen and oxygen atoms in total.